The number of nitrogens with one attached hydrogen (secondary N) is 3. The summed E-state index contributed by atoms with van der Waals surface area (Å²) >= 11 is 6.70. The minimum absolute atomic E-state index is 0.102. The van der Waals surface area contributed by atoms with Crippen LogP contribution < -0.4 is 21.1 Å². The number of hydrazine groups is 1. The number of amides is 2. The van der Waals surface area contributed by atoms with Gasteiger partial charge in [-0.2, -0.15) is 0 Å². The summed E-state index contributed by atoms with van der Waals surface area (Å²) in [6.07, 6.45) is 5.13. The van der Waals surface area contributed by atoms with Crippen molar-refractivity contribution in [1.29, 1.82) is 0 Å². The first-order valence-corrected chi connectivity index (χ1v) is 10.8. The molecule has 1 aromatic rings. The number of hydrogen-bond acceptors (Lipinski definition) is 5. The van der Waals surface area contributed by atoms with E-state index in [2.05, 4.69) is 35.0 Å². The fourth-order valence-electron chi connectivity index (χ4n) is 3.68. The zero-order valence-corrected chi connectivity index (χ0v) is 17.4. The Kier molecular flexibility index (Phi) is 6.64. The predicted molar refractivity (Wildman–Crippen MR) is 110 cm³/mol. The molecule has 1 aliphatic heterocycles. The molecule has 0 spiro atoms. The molecule has 3 atom stereocenters. The highest BCUT2D eigenvalue weighted by molar-refractivity contribution is 7.80. The maximum absolute atomic E-state index is 12.1. The number of thiocarbonyl (C=S) groups is 1. The maximum atomic E-state index is 12.1. The highest BCUT2D eigenvalue weighted by atomic mass is 32.1. The normalized spacial score (nSPS) is 25.3. The second-order valence-corrected chi connectivity index (χ2v) is 8.71. The summed E-state index contributed by atoms with van der Waals surface area (Å²) in [7, 11) is 0. The number of nitrogens with zero attached hydrogens (tertiary/aromatic N) is 2. The lowest BCUT2D eigenvalue weighted by atomic mass is 9.78. The Hall–Kier alpha value is -1.74. The quantitative estimate of drug-likeness (QED) is 0.522. The van der Waals surface area contributed by atoms with Gasteiger partial charge in [-0.05, 0) is 36.9 Å². The van der Waals surface area contributed by atoms with E-state index in [1.807, 2.05) is 5.38 Å². The standard InChI is InChI=1S/C18H27N5O2S2/c1-11-5-3-6-14(12(11)2)20-17(26)22-21-15(24)9-13-10-27-18(19-13)23-8-4-7-16(23)25/h10-12,14H,3-9H2,1-2H3,(H,21,24)(H2,20,22,26)/t11-,12+,14-/m0/s1. The van der Waals surface area contributed by atoms with Gasteiger partial charge < -0.3 is 5.32 Å². The van der Waals surface area contributed by atoms with Crippen molar-refractivity contribution in [1.82, 2.24) is 21.2 Å². The van der Waals surface area contributed by atoms with E-state index in [9.17, 15) is 9.59 Å². The Morgan fingerprint density at radius 3 is 2.89 bits per heavy atom. The van der Waals surface area contributed by atoms with E-state index in [-0.39, 0.29) is 18.2 Å². The van der Waals surface area contributed by atoms with Gasteiger partial charge in [0.1, 0.15) is 0 Å². The van der Waals surface area contributed by atoms with E-state index in [0.29, 0.717) is 46.8 Å². The predicted octanol–water partition coefficient (Wildman–Crippen LogP) is 2.13. The van der Waals surface area contributed by atoms with Gasteiger partial charge in [0.25, 0.3) is 0 Å². The average molecular weight is 410 g/mol. The molecule has 148 valence electrons. The Balaban J connectivity index is 1.42. The highest BCUT2D eigenvalue weighted by Crippen LogP contribution is 2.29. The van der Waals surface area contributed by atoms with E-state index in [1.54, 1.807) is 4.90 Å². The third-order valence-electron chi connectivity index (χ3n) is 5.52. The minimum atomic E-state index is -0.214. The highest BCUT2D eigenvalue weighted by Gasteiger charge is 2.27. The molecule has 1 aliphatic carbocycles. The fraction of sp³-hybridized carbons (Fsp3) is 0.667. The van der Waals surface area contributed by atoms with Crippen LogP contribution in [0.2, 0.25) is 0 Å². The fourth-order valence-corrected chi connectivity index (χ4v) is 4.75. The van der Waals surface area contributed by atoms with Crippen molar-refractivity contribution >= 4 is 45.6 Å². The minimum Gasteiger partial charge on any atom is -0.358 e. The van der Waals surface area contributed by atoms with Crippen molar-refractivity contribution in [2.45, 2.75) is 58.4 Å². The van der Waals surface area contributed by atoms with Crippen LogP contribution in [0.3, 0.4) is 0 Å². The molecule has 3 N–H and O–H groups in total. The molecular weight excluding hydrogens is 382 g/mol. The van der Waals surface area contributed by atoms with Crippen LogP contribution in [0.4, 0.5) is 5.13 Å². The molecule has 2 amide bonds. The maximum Gasteiger partial charge on any atom is 0.244 e. The summed E-state index contributed by atoms with van der Waals surface area (Å²) in [6.45, 7) is 5.22. The molecule has 9 heteroatoms. The Morgan fingerprint density at radius 1 is 1.33 bits per heavy atom. The van der Waals surface area contributed by atoms with Crippen LogP contribution >= 0.6 is 23.6 Å². The Morgan fingerprint density at radius 2 is 2.15 bits per heavy atom. The summed E-state index contributed by atoms with van der Waals surface area (Å²) in [5.41, 5.74) is 6.07. The summed E-state index contributed by atoms with van der Waals surface area (Å²) in [4.78, 5) is 30.0. The molecule has 0 radical (unpaired) electrons. The molecule has 3 rings (SSSR count). The molecule has 27 heavy (non-hydrogen) atoms. The number of carbonyl (C=O) groups is 2. The van der Waals surface area contributed by atoms with Gasteiger partial charge >= 0.3 is 0 Å². The molecule has 0 unspecified atom stereocenters. The van der Waals surface area contributed by atoms with Crippen molar-refractivity contribution in [2.24, 2.45) is 11.8 Å². The molecule has 2 aliphatic rings. The van der Waals surface area contributed by atoms with Gasteiger partial charge in [-0.1, -0.05) is 26.7 Å². The first kappa shape index (κ1) is 20.0. The molecular formula is C18H27N5O2S2. The second kappa shape index (κ2) is 8.97. The number of carbonyl (C=O) groups excluding carboxylic acids is 2. The zero-order chi connectivity index (χ0) is 19.4. The largest absolute Gasteiger partial charge is 0.358 e. The third-order valence-corrected chi connectivity index (χ3v) is 6.66. The van der Waals surface area contributed by atoms with Gasteiger partial charge in [-0.3, -0.25) is 25.3 Å². The monoisotopic (exact) mass is 409 g/mol. The number of anilines is 1. The van der Waals surface area contributed by atoms with Crippen LogP contribution in [-0.4, -0.2) is 34.5 Å². The molecule has 1 saturated carbocycles. The van der Waals surface area contributed by atoms with Gasteiger partial charge in [0.15, 0.2) is 10.2 Å². The zero-order valence-electron chi connectivity index (χ0n) is 15.8. The first-order chi connectivity index (χ1) is 12.9. The smallest absolute Gasteiger partial charge is 0.244 e. The van der Waals surface area contributed by atoms with Crippen LogP contribution in [-0.2, 0) is 16.0 Å². The summed E-state index contributed by atoms with van der Waals surface area (Å²) in [5, 5.41) is 6.25. The van der Waals surface area contributed by atoms with Crippen molar-refractivity contribution in [3.8, 4) is 0 Å². The van der Waals surface area contributed by atoms with Crippen LogP contribution in [0, 0.1) is 11.8 Å². The number of hydrogen-bond donors (Lipinski definition) is 3. The lowest BCUT2D eigenvalue weighted by Gasteiger charge is -2.35. The number of aromatic nitrogens is 1. The third kappa shape index (κ3) is 5.16. The van der Waals surface area contributed by atoms with Crippen molar-refractivity contribution in [3.05, 3.63) is 11.1 Å². The van der Waals surface area contributed by atoms with Crippen LogP contribution in [0.15, 0.2) is 5.38 Å². The average Bonchev–Trinajstić information content (AvgIpc) is 3.26. The molecule has 2 heterocycles. The molecule has 7 nitrogen and oxygen atoms in total. The molecule has 1 saturated heterocycles. The van der Waals surface area contributed by atoms with E-state index >= 15 is 0 Å². The molecule has 1 aromatic heterocycles. The van der Waals surface area contributed by atoms with Gasteiger partial charge in [-0.15, -0.1) is 11.3 Å². The van der Waals surface area contributed by atoms with E-state index in [4.69, 9.17) is 12.2 Å². The number of thiazole rings is 1. The number of rotatable bonds is 4. The van der Waals surface area contributed by atoms with Crippen LogP contribution in [0.5, 0.6) is 0 Å². The van der Waals surface area contributed by atoms with E-state index in [0.717, 1.165) is 12.8 Å². The molecule has 2 fully saturated rings. The molecule has 0 bridgehead atoms. The summed E-state index contributed by atoms with van der Waals surface area (Å²) in [6, 6.07) is 0.338. The van der Waals surface area contributed by atoms with Crippen molar-refractivity contribution in [3.63, 3.8) is 0 Å². The summed E-state index contributed by atoms with van der Waals surface area (Å²) < 4.78 is 0. The summed E-state index contributed by atoms with van der Waals surface area (Å²) in [5.74, 6) is 1.12. The topological polar surface area (TPSA) is 86.4 Å². The van der Waals surface area contributed by atoms with Crippen molar-refractivity contribution < 1.29 is 9.59 Å². The molecule has 0 aromatic carbocycles. The van der Waals surface area contributed by atoms with Gasteiger partial charge in [0, 0.05) is 24.4 Å². The Labute approximate surface area is 169 Å². The van der Waals surface area contributed by atoms with E-state index in [1.165, 1.54) is 24.2 Å². The van der Waals surface area contributed by atoms with Crippen molar-refractivity contribution in [2.75, 3.05) is 11.4 Å². The van der Waals surface area contributed by atoms with Gasteiger partial charge in [0.2, 0.25) is 11.8 Å². The van der Waals surface area contributed by atoms with Gasteiger partial charge in [-0.25, -0.2) is 4.98 Å². The lowest BCUT2D eigenvalue weighted by molar-refractivity contribution is -0.121. The Bertz CT molecular complexity index is 708. The second-order valence-electron chi connectivity index (χ2n) is 7.47. The van der Waals surface area contributed by atoms with Gasteiger partial charge in [0.05, 0.1) is 12.1 Å². The lowest BCUT2D eigenvalue weighted by Crippen LogP contribution is -2.52. The SMILES string of the molecule is C[C@H]1[C@@H](NC(=S)NNC(=O)Cc2csc(N3CCCC3=O)n2)CCC[C@@H]1C. The first-order valence-electron chi connectivity index (χ1n) is 9.54. The van der Waals surface area contributed by atoms with E-state index < -0.39 is 0 Å². The van der Waals surface area contributed by atoms with Crippen LogP contribution in [0.1, 0.15) is 51.6 Å². The van der Waals surface area contributed by atoms with Crippen LogP contribution in [0.25, 0.3) is 0 Å².